The molecule has 0 aromatic carbocycles. The third kappa shape index (κ3) is 4.60. The largest absolute Gasteiger partial charge is 0.444 e. The van der Waals surface area contributed by atoms with Crippen molar-refractivity contribution < 1.29 is 14.6 Å². The molecule has 0 unspecified atom stereocenters. The summed E-state index contributed by atoms with van der Waals surface area (Å²) in [5.74, 6) is 0.892. The van der Waals surface area contributed by atoms with Crippen LogP contribution in [0, 0.1) is 6.92 Å². The van der Waals surface area contributed by atoms with Gasteiger partial charge in [-0.1, -0.05) is 6.92 Å². The van der Waals surface area contributed by atoms with Crippen molar-refractivity contribution in [2.45, 2.75) is 52.7 Å². The van der Waals surface area contributed by atoms with E-state index in [-0.39, 0.29) is 6.09 Å². The molecule has 1 aromatic rings. The van der Waals surface area contributed by atoms with E-state index >= 15 is 0 Å². The summed E-state index contributed by atoms with van der Waals surface area (Å²) in [4.78, 5) is 20.5. The van der Waals surface area contributed by atoms with Gasteiger partial charge in [0.2, 0.25) is 0 Å². The highest BCUT2D eigenvalue weighted by Crippen LogP contribution is 2.24. The molecule has 24 heavy (non-hydrogen) atoms. The zero-order chi connectivity index (χ0) is 17.9. The lowest BCUT2D eigenvalue weighted by Gasteiger charge is -2.36. The summed E-state index contributed by atoms with van der Waals surface area (Å²) >= 11 is 0. The van der Waals surface area contributed by atoms with Gasteiger partial charge in [-0.3, -0.25) is 0 Å². The minimum Gasteiger partial charge on any atom is -0.444 e. The van der Waals surface area contributed by atoms with Gasteiger partial charge >= 0.3 is 6.09 Å². The average Bonchev–Trinajstić information content (AvgIpc) is 2.52. The standard InChI is InChI=1S/C18H29N3O3/c1-6-15(22)14-12-19-16(11-13(14)2)20-7-9-21(10-8-20)17(23)24-18(3,4)5/h11-12,15,22H,6-10H2,1-5H3/t15-/m1/s1. The Morgan fingerprint density at radius 2 is 1.96 bits per heavy atom. The van der Waals surface area contributed by atoms with Crippen LogP contribution in [0.1, 0.15) is 51.3 Å². The van der Waals surface area contributed by atoms with Crippen molar-refractivity contribution in [3.8, 4) is 0 Å². The molecule has 134 valence electrons. The molecule has 6 nitrogen and oxygen atoms in total. The first-order valence-corrected chi connectivity index (χ1v) is 8.58. The van der Waals surface area contributed by atoms with Crippen LogP contribution in [0.4, 0.5) is 10.6 Å². The molecule has 0 saturated carbocycles. The number of amides is 1. The number of hydrogen-bond acceptors (Lipinski definition) is 5. The first-order valence-electron chi connectivity index (χ1n) is 8.58. The van der Waals surface area contributed by atoms with E-state index in [0.717, 1.165) is 30.0 Å². The summed E-state index contributed by atoms with van der Waals surface area (Å²) in [5.41, 5.74) is 1.46. The van der Waals surface area contributed by atoms with E-state index in [4.69, 9.17) is 4.74 Å². The fourth-order valence-electron chi connectivity index (χ4n) is 2.74. The number of carbonyl (C=O) groups is 1. The highest BCUT2D eigenvalue weighted by Gasteiger charge is 2.26. The lowest BCUT2D eigenvalue weighted by molar-refractivity contribution is 0.0240. The number of aromatic nitrogens is 1. The highest BCUT2D eigenvalue weighted by atomic mass is 16.6. The predicted octanol–water partition coefficient (Wildman–Crippen LogP) is 2.89. The summed E-state index contributed by atoms with van der Waals surface area (Å²) in [6.07, 6.45) is 1.72. The van der Waals surface area contributed by atoms with Crippen molar-refractivity contribution >= 4 is 11.9 Å². The minimum absolute atomic E-state index is 0.257. The Kier molecular flexibility index (Phi) is 5.70. The maximum absolute atomic E-state index is 12.1. The Bertz CT molecular complexity index is 575. The van der Waals surface area contributed by atoms with Crippen LogP contribution in [0.3, 0.4) is 0 Å². The quantitative estimate of drug-likeness (QED) is 0.920. The number of nitrogens with zero attached hydrogens (tertiary/aromatic N) is 3. The molecule has 1 aliphatic heterocycles. The van der Waals surface area contributed by atoms with Crippen molar-refractivity contribution in [3.05, 3.63) is 23.4 Å². The monoisotopic (exact) mass is 335 g/mol. The molecular formula is C18H29N3O3. The molecule has 1 fully saturated rings. The van der Waals surface area contributed by atoms with Crippen LogP contribution in [-0.2, 0) is 4.74 Å². The Labute approximate surface area is 144 Å². The number of aryl methyl sites for hydroxylation is 1. The zero-order valence-corrected chi connectivity index (χ0v) is 15.4. The van der Waals surface area contributed by atoms with Gasteiger partial charge in [-0.25, -0.2) is 9.78 Å². The van der Waals surface area contributed by atoms with Gasteiger partial charge in [0, 0.05) is 37.9 Å². The van der Waals surface area contributed by atoms with Crippen LogP contribution in [0.15, 0.2) is 12.3 Å². The molecule has 2 heterocycles. The lowest BCUT2D eigenvalue weighted by Crippen LogP contribution is -2.50. The minimum atomic E-state index is -0.469. The fourth-order valence-corrected chi connectivity index (χ4v) is 2.74. The average molecular weight is 335 g/mol. The Morgan fingerprint density at radius 3 is 2.46 bits per heavy atom. The molecule has 0 spiro atoms. The fraction of sp³-hybridized carbons (Fsp3) is 0.667. The maximum atomic E-state index is 12.1. The second kappa shape index (κ2) is 7.38. The molecule has 6 heteroatoms. The topological polar surface area (TPSA) is 65.9 Å². The van der Waals surface area contributed by atoms with Gasteiger partial charge in [0.25, 0.3) is 0 Å². The summed E-state index contributed by atoms with van der Waals surface area (Å²) in [6.45, 7) is 12.3. The van der Waals surface area contributed by atoms with Gasteiger partial charge in [0.05, 0.1) is 6.10 Å². The Morgan fingerprint density at radius 1 is 1.33 bits per heavy atom. The number of pyridine rings is 1. The van der Waals surface area contributed by atoms with Crippen LogP contribution >= 0.6 is 0 Å². The molecule has 1 atom stereocenters. The van der Waals surface area contributed by atoms with Gasteiger partial charge in [0.1, 0.15) is 11.4 Å². The number of aliphatic hydroxyl groups excluding tert-OH is 1. The lowest BCUT2D eigenvalue weighted by atomic mass is 10.0. The summed E-state index contributed by atoms with van der Waals surface area (Å²) in [7, 11) is 0. The van der Waals surface area contributed by atoms with Gasteiger partial charge in [-0.05, 0) is 45.7 Å². The van der Waals surface area contributed by atoms with Gasteiger partial charge < -0.3 is 19.6 Å². The third-order valence-electron chi connectivity index (χ3n) is 4.14. The van der Waals surface area contributed by atoms with E-state index in [0.29, 0.717) is 19.5 Å². The van der Waals surface area contributed by atoms with E-state index in [2.05, 4.69) is 9.88 Å². The third-order valence-corrected chi connectivity index (χ3v) is 4.14. The van der Waals surface area contributed by atoms with Crippen LogP contribution in [0.5, 0.6) is 0 Å². The van der Waals surface area contributed by atoms with Crippen molar-refractivity contribution in [1.29, 1.82) is 0 Å². The van der Waals surface area contributed by atoms with Gasteiger partial charge in [-0.15, -0.1) is 0 Å². The number of rotatable bonds is 3. The van der Waals surface area contributed by atoms with E-state index < -0.39 is 11.7 Å². The normalized spacial score (nSPS) is 16.9. The second-order valence-corrected chi connectivity index (χ2v) is 7.28. The summed E-state index contributed by atoms with van der Waals surface area (Å²) in [6, 6.07) is 2.01. The molecule has 1 saturated heterocycles. The van der Waals surface area contributed by atoms with Crippen molar-refractivity contribution in [2.24, 2.45) is 0 Å². The molecule has 0 radical (unpaired) electrons. The predicted molar refractivity (Wildman–Crippen MR) is 94.2 cm³/mol. The van der Waals surface area contributed by atoms with Crippen molar-refractivity contribution in [1.82, 2.24) is 9.88 Å². The molecule has 0 aliphatic carbocycles. The zero-order valence-electron chi connectivity index (χ0n) is 15.4. The highest BCUT2D eigenvalue weighted by molar-refractivity contribution is 5.68. The van der Waals surface area contributed by atoms with E-state index in [1.807, 2.05) is 40.7 Å². The SMILES string of the molecule is CC[C@@H](O)c1cnc(N2CCN(C(=O)OC(C)(C)C)CC2)cc1C. The second-order valence-electron chi connectivity index (χ2n) is 7.28. The van der Waals surface area contributed by atoms with E-state index in [9.17, 15) is 9.90 Å². The van der Waals surface area contributed by atoms with Gasteiger partial charge in [0.15, 0.2) is 0 Å². The number of carbonyl (C=O) groups excluding carboxylic acids is 1. The molecular weight excluding hydrogens is 306 g/mol. The van der Waals surface area contributed by atoms with Crippen LogP contribution in [0.2, 0.25) is 0 Å². The smallest absolute Gasteiger partial charge is 0.410 e. The Balaban J connectivity index is 1.97. The Hall–Kier alpha value is -1.82. The van der Waals surface area contributed by atoms with Crippen LogP contribution in [-0.4, -0.2) is 52.9 Å². The van der Waals surface area contributed by atoms with E-state index in [1.54, 1.807) is 11.1 Å². The molecule has 1 amide bonds. The molecule has 1 N–H and O–H groups in total. The molecule has 0 bridgehead atoms. The number of piperazine rings is 1. The first-order chi connectivity index (χ1) is 11.2. The van der Waals surface area contributed by atoms with Crippen LogP contribution < -0.4 is 4.90 Å². The summed E-state index contributed by atoms with van der Waals surface area (Å²) in [5, 5.41) is 9.99. The number of ether oxygens (including phenoxy) is 1. The first kappa shape index (κ1) is 18.5. The van der Waals surface area contributed by atoms with E-state index in [1.165, 1.54) is 0 Å². The summed E-state index contributed by atoms with van der Waals surface area (Å²) < 4.78 is 5.42. The molecule has 2 rings (SSSR count). The van der Waals surface area contributed by atoms with Crippen molar-refractivity contribution in [2.75, 3.05) is 31.1 Å². The van der Waals surface area contributed by atoms with Crippen LogP contribution in [0.25, 0.3) is 0 Å². The molecule has 1 aliphatic rings. The maximum Gasteiger partial charge on any atom is 0.410 e. The molecule has 1 aromatic heterocycles. The number of aliphatic hydroxyl groups is 1. The van der Waals surface area contributed by atoms with Gasteiger partial charge in [-0.2, -0.15) is 0 Å². The number of anilines is 1. The number of hydrogen-bond donors (Lipinski definition) is 1. The van der Waals surface area contributed by atoms with Crippen molar-refractivity contribution in [3.63, 3.8) is 0 Å².